The smallest absolute Gasteiger partial charge is 0.254 e. The number of furan rings is 1. The van der Waals surface area contributed by atoms with E-state index in [1.165, 1.54) is 11.8 Å². The van der Waals surface area contributed by atoms with Crippen molar-refractivity contribution >= 4 is 34.2 Å². The summed E-state index contributed by atoms with van der Waals surface area (Å²) in [5.74, 6) is 0.490. The number of nitrogens with one attached hydrogen (secondary N) is 1. The highest BCUT2D eigenvalue weighted by molar-refractivity contribution is 9.10. The number of amides is 1. The minimum atomic E-state index is -0.123. The maximum Gasteiger partial charge on any atom is 0.254 e. The second kappa shape index (κ2) is 8.98. The van der Waals surface area contributed by atoms with Gasteiger partial charge < -0.3 is 15.5 Å². The molecule has 2 rings (SSSR count). The van der Waals surface area contributed by atoms with Crippen molar-refractivity contribution in [1.29, 1.82) is 0 Å². The SMILES string of the molecule is CC(CCc1ccc(Br)cc1)NC(=O)c1coc(CN)c1.Cl. The van der Waals surface area contributed by atoms with Crippen molar-refractivity contribution in [1.82, 2.24) is 5.32 Å². The molecule has 1 aromatic carbocycles. The molecule has 22 heavy (non-hydrogen) atoms. The van der Waals surface area contributed by atoms with Crippen molar-refractivity contribution in [2.24, 2.45) is 5.73 Å². The van der Waals surface area contributed by atoms with Crippen LogP contribution in [-0.4, -0.2) is 11.9 Å². The number of rotatable bonds is 6. The molecule has 0 saturated carbocycles. The van der Waals surface area contributed by atoms with Gasteiger partial charge >= 0.3 is 0 Å². The van der Waals surface area contributed by atoms with E-state index in [-0.39, 0.29) is 24.4 Å². The molecule has 0 aliphatic rings. The summed E-state index contributed by atoms with van der Waals surface area (Å²) in [6.45, 7) is 2.30. The maximum absolute atomic E-state index is 12.0. The number of hydrogen-bond acceptors (Lipinski definition) is 3. The van der Waals surface area contributed by atoms with Crippen LogP contribution in [0.25, 0.3) is 0 Å². The Balaban J connectivity index is 0.00000242. The molecule has 1 aromatic heterocycles. The van der Waals surface area contributed by atoms with Crippen molar-refractivity contribution in [3.05, 3.63) is 58.0 Å². The molecule has 0 aliphatic carbocycles. The first-order valence-electron chi connectivity index (χ1n) is 6.91. The molecule has 0 radical (unpaired) electrons. The third-order valence-electron chi connectivity index (χ3n) is 3.27. The standard InChI is InChI=1S/C16H19BrN2O2.ClH/c1-11(2-3-12-4-6-14(17)7-5-12)19-16(20)13-8-15(9-18)21-10-13;/h4-8,10-11H,2-3,9,18H2,1H3,(H,19,20);1H. The molecule has 0 saturated heterocycles. The normalized spacial score (nSPS) is 11.6. The molecule has 2 aromatic rings. The van der Waals surface area contributed by atoms with E-state index in [1.54, 1.807) is 6.07 Å². The van der Waals surface area contributed by atoms with Crippen molar-refractivity contribution in [2.45, 2.75) is 32.4 Å². The van der Waals surface area contributed by atoms with Crippen LogP contribution in [0, 0.1) is 0 Å². The lowest BCUT2D eigenvalue weighted by Crippen LogP contribution is -2.32. The zero-order valence-electron chi connectivity index (χ0n) is 12.3. The number of carbonyl (C=O) groups is 1. The van der Waals surface area contributed by atoms with Gasteiger partial charge in [-0.15, -0.1) is 12.4 Å². The van der Waals surface area contributed by atoms with Gasteiger partial charge in [-0.3, -0.25) is 4.79 Å². The predicted octanol–water partition coefficient (Wildman–Crippen LogP) is 3.67. The minimum Gasteiger partial charge on any atom is -0.467 e. The van der Waals surface area contributed by atoms with Gasteiger partial charge in [-0.05, 0) is 43.5 Å². The van der Waals surface area contributed by atoms with E-state index in [0.717, 1.165) is 17.3 Å². The molecule has 1 atom stereocenters. The summed E-state index contributed by atoms with van der Waals surface area (Å²) in [6, 6.07) is 10.00. The number of carbonyl (C=O) groups excluding carboxylic acids is 1. The fourth-order valence-electron chi connectivity index (χ4n) is 2.02. The molecule has 4 nitrogen and oxygen atoms in total. The van der Waals surface area contributed by atoms with Crippen LogP contribution in [0.2, 0.25) is 0 Å². The molecule has 0 aliphatic heterocycles. The summed E-state index contributed by atoms with van der Waals surface area (Å²) in [6.07, 6.45) is 3.25. The molecular weight excluding hydrogens is 368 g/mol. The fourth-order valence-corrected chi connectivity index (χ4v) is 2.28. The van der Waals surface area contributed by atoms with Gasteiger partial charge in [0.15, 0.2) is 0 Å². The zero-order valence-corrected chi connectivity index (χ0v) is 14.7. The van der Waals surface area contributed by atoms with Gasteiger partial charge in [-0.25, -0.2) is 0 Å². The van der Waals surface area contributed by atoms with Crippen molar-refractivity contribution in [2.75, 3.05) is 0 Å². The summed E-state index contributed by atoms with van der Waals surface area (Å²) < 4.78 is 6.24. The zero-order chi connectivity index (χ0) is 15.2. The van der Waals surface area contributed by atoms with E-state index in [1.807, 2.05) is 19.1 Å². The molecule has 0 bridgehead atoms. The number of hydrogen-bond donors (Lipinski definition) is 2. The quantitative estimate of drug-likeness (QED) is 0.794. The van der Waals surface area contributed by atoms with Crippen molar-refractivity contribution in [3.8, 4) is 0 Å². The van der Waals surface area contributed by atoms with Crippen LogP contribution in [0.15, 0.2) is 45.5 Å². The lowest BCUT2D eigenvalue weighted by molar-refractivity contribution is 0.0938. The van der Waals surface area contributed by atoms with Gasteiger partial charge in [-0.2, -0.15) is 0 Å². The monoisotopic (exact) mass is 386 g/mol. The Morgan fingerprint density at radius 3 is 2.64 bits per heavy atom. The predicted molar refractivity (Wildman–Crippen MR) is 93.2 cm³/mol. The molecule has 1 amide bonds. The van der Waals surface area contributed by atoms with Crippen LogP contribution in [0.4, 0.5) is 0 Å². The van der Waals surface area contributed by atoms with Crippen LogP contribution in [-0.2, 0) is 13.0 Å². The Labute approximate surface area is 145 Å². The van der Waals surface area contributed by atoms with Crippen LogP contribution in [0.5, 0.6) is 0 Å². The fraction of sp³-hybridized carbons (Fsp3) is 0.312. The van der Waals surface area contributed by atoms with Crippen LogP contribution < -0.4 is 11.1 Å². The Kier molecular flexibility index (Phi) is 7.65. The average Bonchev–Trinajstić information content (AvgIpc) is 2.96. The summed E-state index contributed by atoms with van der Waals surface area (Å²) in [7, 11) is 0. The highest BCUT2D eigenvalue weighted by atomic mass is 79.9. The number of aryl methyl sites for hydroxylation is 1. The van der Waals surface area contributed by atoms with E-state index in [9.17, 15) is 4.79 Å². The molecule has 1 heterocycles. The van der Waals surface area contributed by atoms with Crippen LogP contribution in [0.3, 0.4) is 0 Å². The number of benzene rings is 1. The van der Waals surface area contributed by atoms with Gasteiger partial charge in [0, 0.05) is 10.5 Å². The minimum absolute atomic E-state index is 0. The van der Waals surface area contributed by atoms with Gasteiger partial charge in [0.1, 0.15) is 12.0 Å². The molecular formula is C16H20BrClN2O2. The molecule has 0 spiro atoms. The maximum atomic E-state index is 12.0. The van der Waals surface area contributed by atoms with Gasteiger partial charge in [0.2, 0.25) is 0 Å². The summed E-state index contributed by atoms with van der Waals surface area (Å²) in [4.78, 5) is 12.0. The summed E-state index contributed by atoms with van der Waals surface area (Å²) in [5, 5.41) is 2.97. The summed E-state index contributed by atoms with van der Waals surface area (Å²) in [5.41, 5.74) is 7.24. The average molecular weight is 388 g/mol. The van der Waals surface area contributed by atoms with E-state index >= 15 is 0 Å². The Hall–Kier alpha value is -1.30. The second-order valence-electron chi connectivity index (χ2n) is 5.05. The highest BCUT2D eigenvalue weighted by Crippen LogP contribution is 2.13. The van der Waals surface area contributed by atoms with E-state index in [2.05, 4.69) is 33.4 Å². The lowest BCUT2D eigenvalue weighted by Gasteiger charge is -2.13. The molecule has 120 valence electrons. The topological polar surface area (TPSA) is 68.3 Å². The third kappa shape index (κ3) is 5.48. The summed E-state index contributed by atoms with van der Waals surface area (Å²) >= 11 is 3.42. The van der Waals surface area contributed by atoms with Gasteiger partial charge in [0.05, 0.1) is 12.1 Å². The second-order valence-corrected chi connectivity index (χ2v) is 5.96. The number of halogens is 2. The Morgan fingerprint density at radius 1 is 1.36 bits per heavy atom. The first-order valence-corrected chi connectivity index (χ1v) is 7.70. The molecule has 1 unspecified atom stereocenters. The first kappa shape index (κ1) is 18.7. The Morgan fingerprint density at radius 2 is 2.05 bits per heavy atom. The molecule has 6 heteroatoms. The van der Waals surface area contributed by atoms with Crippen molar-refractivity contribution < 1.29 is 9.21 Å². The molecule has 0 fully saturated rings. The highest BCUT2D eigenvalue weighted by Gasteiger charge is 2.12. The van der Waals surface area contributed by atoms with E-state index in [0.29, 0.717) is 17.9 Å². The van der Waals surface area contributed by atoms with E-state index < -0.39 is 0 Å². The lowest BCUT2D eigenvalue weighted by atomic mass is 10.1. The largest absolute Gasteiger partial charge is 0.467 e. The number of nitrogens with two attached hydrogens (primary N) is 1. The van der Waals surface area contributed by atoms with Crippen molar-refractivity contribution in [3.63, 3.8) is 0 Å². The third-order valence-corrected chi connectivity index (χ3v) is 3.80. The van der Waals surface area contributed by atoms with Gasteiger partial charge in [-0.1, -0.05) is 28.1 Å². The first-order chi connectivity index (χ1) is 10.1. The van der Waals surface area contributed by atoms with Gasteiger partial charge in [0.25, 0.3) is 5.91 Å². The van der Waals surface area contributed by atoms with Crippen LogP contribution >= 0.6 is 28.3 Å². The van der Waals surface area contributed by atoms with Crippen LogP contribution in [0.1, 0.15) is 35.0 Å². The van der Waals surface area contributed by atoms with E-state index in [4.69, 9.17) is 10.2 Å². The Bertz CT molecular complexity index is 598. The molecule has 3 N–H and O–H groups in total.